The highest BCUT2D eigenvalue weighted by Gasteiger charge is 2.45. The van der Waals surface area contributed by atoms with Crippen LogP contribution in [0.5, 0.6) is 5.75 Å². The molecule has 1 atom stereocenters. The molecule has 5 rings (SSSR count). The zero-order valence-electron chi connectivity index (χ0n) is 21.9. The zero-order chi connectivity index (χ0) is 27.7. The SMILES string of the molecule is C=CCOC(=O)c1sc(N2C(=O)c3oc4ccccc4c(=O)c3[C@@H]2c2cccc(OCCC(C)C)c2)nc1C. The summed E-state index contributed by atoms with van der Waals surface area (Å²) in [7, 11) is 0. The molecule has 0 radical (unpaired) electrons. The maximum absolute atomic E-state index is 13.9. The Morgan fingerprint density at radius 1 is 1.21 bits per heavy atom. The number of thiazole rings is 1. The largest absolute Gasteiger partial charge is 0.494 e. The second kappa shape index (κ2) is 10.9. The van der Waals surface area contributed by atoms with Gasteiger partial charge >= 0.3 is 5.97 Å². The number of nitrogens with zero attached hydrogens (tertiary/aromatic N) is 2. The average molecular weight is 545 g/mol. The Balaban J connectivity index is 1.64. The maximum atomic E-state index is 13.9. The second-order valence-electron chi connectivity index (χ2n) is 9.65. The quantitative estimate of drug-likeness (QED) is 0.186. The van der Waals surface area contributed by atoms with Crippen molar-refractivity contribution in [3.8, 4) is 5.75 Å². The number of aromatic nitrogens is 1. The molecule has 0 N–H and O–H groups in total. The van der Waals surface area contributed by atoms with Gasteiger partial charge in [-0.3, -0.25) is 14.5 Å². The van der Waals surface area contributed by atoms with Gasteiger partial charge in [-0.2, -0.15) is 0 Å². The number of para-hydroxylation sites is 1. The highest BCUT2D eigenvalue weighted by atomic mass is 32.1. The van der Waals surface area contributed by atoms with Crippen LogP contribution in [0.4, 0.5) is 5.13 Å². The van der Waals surface area contributed by atoms with Crippen LogP contribution in [-0.4, -0.2) is 30.1 Å². The van der Waals surface area contributed by atoms with Crippen molar-refractivity contribution >= 4 is 39.3 Å². The zero-order valence-corrected chi connectivity index (χ0v) is 22.7. The minimum atomic E-state index is -0.829. The summed E-state index contributed by atoms with van der Waals surface area (Å²) < 4.78 is 17.2. The Kier molecular flexibility index (Phi) is 7.34. The van der Waals surface area contributed by atoms with Crippen LogP contribution in [0.2, 0.25) is 0 Å². The van der Waals surface area contributed by atoms with Crippen molar-refractivity contribution in [1.82, 2.24) is 4.98 Å². The van der Waals surface area contributed by atoms with E-state index >= 15 is 0 Å². The van der Waals surface area contributed by atoms with Gasteiger partial charge in [-0.1, -0.05) is 62.1 Å². The minimum Gasteiger partial charge on any atom is -0.494 e. The van der Waals surface area contributed by atoms with E-state index in [4.69, 9.17) is 13.9 Å². The van der Waals surface area contributed by atoms with Gasteiger partial charge < -0.3 is 13.9 Å². The lowest BCUT2D eigenvalue weighted by atomic mass is 9.98. The molecular formula is C30H28N2O6S. The predicted molar refractivity (Wildman–Crippen MR) is 150 cm³/mol. The van der Waals surface area contributed by atoms with Gasteiger partial charge in [0.2, 0.25) is 5.76 Å². The Morgan fingerprint density at radius 2 is 2.00 bits per heavy atom. The molecule has 4 aromatic rings. The number of ether oxygens (including phenoxy) is 2. The van der Waals surface area contributed by atoms with Crippen LogP contribution >= 0.6 is 11.3 Å². The number of benzene rings is 2. The van der Waals surface area contributed by atoms with Crippen molar-refractivity contribution in [2.24, 2.45) is 5.92 Å². The van der Waals surface area contributed by atoms with Crippen molar-refractivity contribution in [3.05, 3.63) is 98.9 Å². The van der Waals surface area contributed by atoms with Crippen LogP contribution in [-0.2, 0) is 4.74 Å². The van der Waals surface area contributed by atoms with E-state index in [0.717, 1.165) is 17.8 Å². The van der Waals surface area contributed by atoms with E-state index in [1.54, 1.807) is 31.2 Å². The summed E-state index contributed by atoms with van der Waals surface area (Å²) >= 11 is 1.03. The normalized spacial score (nSPS) is 14.6. The number of fused-ring (bicyclic) bond motifs is 2. The Labute approximate surface area is 229 Å². The van der Waals surface area contributed by atoms with Crippen LogP contribution in [0.15, 0.2) is 70.4 Å². The van der Waals surface area contributed by atoms with E-state index in [2.05, 4.69) is 25.4 Å². The molecule has 3 heterocycles. The predicted octanol–water partition coefficient (Wildman–Crippen LogP) is 6.08. The summed E-state index contributed by atoms with van der Waals surface area (Å²) in [5.41, 5.74) is 1.33. The van der Waals surface area contributed by atoms with E-state index in [0.29, 0.717) is 40.5 Å². The summed E-state index contributed by atoms with van der Waals surface area (Å²) in [5.74, 6) is 0.00386. The van der Waals surface area contributed by atoms with Crippen LogP contribution in [0.3, 0.4) is 0 Å². The van der Waals surface area contributed by atoms with Gasteiger partial charge in [0, 0.05) is 0 Å². The molecular weight excluding hydrogens is 516 g/mol. The number of aryl methyl sites for hydroxylation is 1. The Morgan fingerprint density at radius 3 is 2.77 bits per heavy atom. The number of rotatable bonds is 9. The molecule has 200 valence electrons. The summed E-state index contributed by atoms with van der Waals surface area (Å²) in [5, 5.41) is 0.637. The lowest BCUT2D eigenvalue weighted by Gasteiger charge is -2.23. The first kappa shape index (κ1) is 26.4. The van der Waals surface area contributed by atoms with Crippen LogP contribution in [0.1, 0.15) is 63.4 Å². The van der Waals surface area contributed by atoms with E-state index in [9.17, 15) is 14.4 Å². The fourth-order valence-electron chi connectivity index (χ4n) is 4.49. The van der Waals surface area contributed by atoms with Crippen molar-refractivity contribution in [2.45, 2.75) is 33.2 Å². The first-order valence-electron chi connectivity index (χ1n) is 12.7. The van der Waals surface area contributed by atoms with Crippen molar-refractivity contribution < 1.29 is 23.5 Å². The van der Waals surface area contributed by atoms with Gasteiger partial charge in [-0.05, 0) is 49.1 Å². The molecule has 0 saturated heterocycles. The van der Waals surface area contributed by atoms with Crippen molar-refractivity contribution in [2.75, 3.05) is 18.1 Å². The third-order valence-electron chi connectivity index (χ3n) is 6.42. The number of hydrogen-bond acceptors (Lipinski definition) is 8. The van der Waals surface area contributed by atoms with Crippen molar-refractivity contribution in [1.29, 1.82) is 0 Å². The first-order chi connectivity index (χ1) is 18.8. The monoisotopic (exact) mass is 544 g/mol. The second-order valence-corrected chi connectivity index (χ2v) is 10.6. The van der Waals surface area contributed by atoms with Crippen LogP contribution in [0.25, 0.3) is 11.0 Å². The molecule has 2 aromatic carbocycles. The molecule has 9 heteroatoms. The van der Waals surface area contributed by atoms with E-state index in [1.165, 1.54) is 11.0 Å². The molecule has 0 spiro atoms. The van der Waals surface area contributed by atoms with Crippen LogP contribution in [0, 0.1) is 12.8 Å². The number of esters is 1. The highest BCUT2D eigenvalue weighted by molar-refractivity contribution is 7.17. The molecule has 0 bridgehead atoms. The number of carbonyl (C=O) groups is 2. The number of carbonyl (C=O) groups excluding carboxylic acids is 2. The van der Waals surface area contributed by atoms with E-state index in [-0.39, 0.29) is 33.4 Å². The number of anilines is 1. The molecule has 2 aromatic heterocycles. The van der Waals surface area contributed by atoms with Gasteiger partial charge in [0.1, 0.15) is 22.8 Å². The molecule has 0 aliphatic carbocycles. The third kappa shape index (κ3) is 4.97. The molecule has 0 saturated carbocycles. The minimum absolute atomic E-state index is 0.0431. The van der Waals surface area contributed by atoms with E-state index in [1.807, 2.05) is 24.3 Å². The molecule has 1 aliphatic heterocycles. The highest BCUT2D eigenvalue weighted by Crippen LogP contribution is 2.43. The van der Waals surface area contributed by atoms with Gasteiger partial charge in [0.25, 0.3) is 5.91 Å². The summed E-state index contributed by atoms with van der Waals surface area (Å²) in [4.78, 5) is 46.5. The fourth-order valence-corrected chi connectivity index (χ4v) is 5.48. The topological polar surface area (TPSA) is 98.9 Å². The van der Waals surface area contributed by atoms with Gasteiger partial charge in [-0.15, -0.1) is 0 Å². The summed E-state index contributed by atoms with van der Waals surface area (Å²) in [6.45, 7) is 10.1. The van der Waals surface area contributed by atoms with E-state index < -0.39 is 17.9 Å². The molecule has 1 amide bonds. The third-order valence-corrected chi connectivity index (χ3v) is 7.56. The summed E-state index contributed by atoms with van der Waals surface area (Å²) in [6.07, 6.45) is 2.36. The molecule has 8 nitrogen and oxygen atoms in total. The molecule has 0 unspecified atom stereocenters. The lowest BCUT2D eigenvalue weighted by molar-refractivity contribution is 0.0554. The summed E-state index contributed by atoms with van der Waals surface area (Å²) in [6, 6.07) is 13.3. The smallest absolute Gasteiger partial charge is 0.350 e. The van der Waals surface area contributed by atoms with Crippen LogP contribution < -0.4 is 15.1 Å². The Bertz CT molecular complexity index is 1640. The number of amides is 1. The first-order valence-corrected chi connectivity index (χ1v) is 13.5. The molecule has 0 fully saturated rings. The standard InChI is InChI=1S/C30H28N2O6S/c1-5-14-37-29(35)27-18(4)31-30(39-27)32-24(19-9-8-10-20(16-19)36-15-13-17(2)3)23-25(33)21-11-6-7-12-22(21)38-26(23)28(32)34/h5-12,16-17,24H,1,13-15H2,2-4H3/t24-/m0/s1. The molecule has 1 aliphatic rings. The fraction of sp³-hybridized carbons (Fsp3) is 0.267. The van der Waals surface area contributed by atoms with Gasteiger partial charge in [0.05, 0.1) is 29.3 Å². The van der Waals surface area contributed by atoms with Gasteiger partial charge in [-0.25, -0.2) is 9.78 Å². The van der Waals surface area contributed by atoms with Crippen molar-refractivity contribution in [3.63, 3.8) is 0 Å². The maximum Gasteiger partial charge on any atom is 0.350 e. The Hall–Kier alpha value is -4.24. The molecule has 39 heavy (non-hydrogen) atoms. The average Bonchev–Trinajstić information content (AvgIpc) is 3.44. The number of hydrogen-bond donors (Lipinski definition) is 0. The van der Waals surface area contributed by atoms with Gasteiger partial charge in [0.15, 0.2) is 10.6 Å². The lowest BCUT2D eigenvalue weighted by Crippen LogP contribution is -2.29.